The molecule has 2 nitrogen and oxygen atoms in total. The van der Waals surface area contributed by atoms with Crippen molar-refractivity contribution in [3.8, 4) is 0 Å². The summed E-state index contributed by atoms with van der Waals surface area (Å²) in [5.74, 6) is 0. The molecule has 0 spiro atoms. The highest BCUT2D eigenvalue weighted by atomic mass is 127. The highest BCUT2D eigenvalue weighted by Gasteiger charge is 2.49. The van der Waals surface area contributed by atoms with Gasteiger partial charge in [0.15, 0.2) is 0 Å². The summed E-state index contributed by atoms with van der Waals surface area (Å²) in [6.07, 6.45) is 4.76. The number of quaternary nitrogens is 1. The number of aliphatic hydroxyl groups excluding tert-OH is 1. The Hall–Kier alpha value is 0.650. The van der Waals surface area contributed by atoms with E-state index in [2.05, 4.69) is 14.0 Å². The molecule has 1 N–H and O–H groups in total. The molecule has 2 saturated heterocycles. The minimum atomic E-state index is 0. The van der Waals surface area contributed by atoms with Crippen LogP contribution in [0, 0.1) is 0 Å². The van der Waals surface area contributed by atoms with Gasteiger partial charge >= 0.3 is 0 Å². The van der Waals surface area contributed by atoms with Gasteiger partial charge in [-0.05, 0) is 6.92 Å². The van der Waals surface area contributed by atoms with Crippen molar-refractivity contribution in [1.29, 1.82) is 0 Å². The third-order valence-corrected chi connectivity index (χ3v) is 4.27. The highest BCUT2D eigenvalue weighted by Crippen LogP contribution is 2.40. The van der Waals surface area contributed by atoms with Gasteiger partial charge in [-0.25, -0.2) is 0 Å². The van der Waals surface area contributed by atoms with Crippen LogP contribution in [-0.2, 0) is 0 Å². The molecule has 0 aromatic heterocycles. The van der Waals surface area contributed by atoms with Crippen molar-refractivity contribution in [1.82, 2.24) is 0 Å². The van der Waals surface area contributed by atoms with Gasteiger partial charge in [0.1, 0.15) is 0 Å². The zero-order valence-corrected chi connectivity index (χ0v) is 10.7. The fraction of sp³-hybridized carbons (Fsp3) is 1.00. The van der Waals surface area contributed by atoms with Gasteiger partial charge in [-0.2, -0.15) is 0 Å². The van der Waals surface area contributed by atoms with Crippen LogP contribution in [0.4, 0.5) is 0 Å². The van der Waals surface area contributed by atoms with E-state index in [1.807, 2.05) is 0 Å². The zero-order chi connectivity index (χ0) is 8.77. The van der Waals surface area contributed by atoms with Crippen molar-refractivity contribution < 1.29 is 33.6 Å². The third-order valence-electron chi connectivity index (χ3n) is 4.27. The van der Waals surface area contributed by atoms with Crippen molar-refractivity contribution in [2.45, 2.75) is 50.8 Å². The number of hydrogen-bond acceptors (Lipinski definition) is 1. The smallest absolute Gasteiger partial charge is 0.0917 e. The molecule has 0 aromatic rings. The first-order chi connectivity index (χ1) is 5.66. The molecule has 0 radical (unpaired) electrons. The average molecular weight is 297 g/mol. The van der Waals surface area contributed by atoms with E-state index in [0.717, 1.165) is 24.9 Å². The van der Waals surface area contributed by atoms with Crippen LogP contribution in [0.1, 0.15) is 32.6 Å². The number of fused-ring (bicyclic) bond motifs is 2. The number of piperidine rings is 1. The van der Waals surface area contributed by atoms with Crippen LogP contribution in [0.25, 0.3) is 0 Å². The minimum absolute atomic E-state index is 0. The van der Waals surface area contributed by atoms with E-state index < -0.39 is 0 Å². The molecule has 2 heterocycles. The van der Waals surface area contributed by atoms with E-state index in [1.165, 1.54) is 23.9 Å². The minimum Gasteiger partial charge on any atom is -1.00 e. The standard InChI is InChI=1S/C10H20NO.HI/c1-3-11(2)8-4-5-9(11)7-10(12)6-8;/h8-10,12H,3-7H2,1-2H3;1H/q+1;/p-1. The zero-order valence-electron chi connectivity index (χ0n) is 8.54. The number of rotatable bonds is 1. The Balaban J connectivity index is 0.000000845. The molecule has 2 unspecified atom stereocenters. The molecular weight excluding hydrogens is 277 g/mol. The predicted molar refractivity (Wildman–Crippen MR) is 48.8 cm³/mol. The largest absolute Gasteiger partial charge is 1.00 e. The van der Waals surface area contributed by atoms with Gasteiger partial charge in [0.2, 0.25) is 0 Å². The average Bonchev–Trinajstić information content (AvgIpc) is 2.24. The van der Waals surface area contributed by atoms with E-state index in [4.69, 9.17) is 0 Å². The number of halogens is 1. The molecular formula is C10H20INO. The second-order valence-electron chi connectivity index (χ2n) is 4.67. The van der Waals surface area contributed by atoms with Crippen molar-refractivity contribution in [3.63, 3.8) is 0 Å². The van der Waals surface area contributed by atoms with Crippen LogP contribution in [0.2, 0.25) is 0 Å². The highest BCUT2D eigenvalue weighted by molar-refractivity contribution is 4.85. The van der Waals surface area contributed by atoms with Gasteiger partial charge in [-0.1, -0.05) is 0 Å². The molecule has 2 bridgehead atoms. The summed E-state index contributed by atoms with van der Waals surface area (Å²) in [4.78, 5) is 0. The van der Waals surface area contributed by atoms with Crippen LogP contribution in [0.15, 0.2) is 0 Å². The van der Waals surface area contributed by atoms with Gasteiger partial charge in [-0.3, -0.25) is 0 Å². The molecule has 2 aliphatic heterocycles. The number of hydrogen-bond donors (Lipinski definition) is 1. The van der Waals surface area contributed by atoms with E-state index >= 15 is 0 Å². The summed E-state index contributed by atoms with van der Waals surface area (Å²) in [6, 6.07) is 1.51. The molecule has 2 aliphatic rings. The molecule has 0 amide bonds. The first-order valence-electron chi connectivity index (χ1n) is 5.19. The van der Waals surface area contributed by atoms with Gasteiger partial charge in [0.05, 0.1) is 31.8 Å². The first kappa shape index (κ1) is 11.7. The summed E-state index contributed by atoms with van der Waals surface area (Å²) in [5, 5.41) is 9.61. The van der Waals surface area contributed by atoms with Gasteiger partial charge in [0.25, 0.3) is 0 Å². The van der Waals surface area contributed by atoms with Crippen molar-refractivity contribution in [2.75, 3.05) is 13.6 Å². The van der Waals surface area contributed by atoms with Gasteiger partial charge in [-0.15, -0.1) is 0 Å². The molecule has 0 saturated carbocycles. The van der Waals surface area contributed by atoms with E-state index in [0.29, 0.717) is 0 Å². The van der Waals surface area contributed by atoms with Crippen LogP contribution in [0.3, 0.4) is 0 Å². The second kappa shape index (κ2) is 4.03. The van der Waals surface area contributed by atoms with E-state index in [1.54, 1.807) is 0 Å². The lowest BCUT2D eigenvalue weighted by Crippen LogP contribution is -3.00. The molecule has 78 valence electrons. The maximum Gasteiger partial charge on any atom is 0.0917 e. The lowest BCUT2D eigenvalue weighted by molar-refractivity contribution is -0.947. The van der Waals surface area contributed by atoms with Gasteiger partial charge < -0.3 is 33.6 Å². The predicted octanol–water partition coefficient (Wildman–Crippen LogP) is -1.86. The quantitative estimate of drug-likeness (QED) is 0.445. The maximum absolute atomic E-state index is 9.61. The molecule has 0 aromatic carbocycles. The summed E-state index contributed by atoms with van der Waals surface area (Å²) < 4.78 is 1.23. The monoisotopic (exact) mass is 297 g/mol. The Bertz CT molecular complexity index is 172. The fourth-order valence-corrected chi connectivity index (χ4v) is 3.23. The summed E-state index contributed by atoms with van der Waals surface area (Å²) >= 11 is 0. The molecule has 2 rings (SSSR count). The lowest BCUT2D eigenvalue weighted by Gasteiger charge is -2.45. The Morgan fingerprint density at radius 1 is 1.23 bits per heavy atom. The molecule has 2 fully saturated rings. The second-order valence-corrected chi connectivity index (χ2v) is 4.67. The molecule has 2 atom stereocenters. The van der Waals surface area contributed by atoms with E-state index in [9.17, 15) is 5.11 Å². The van der Waals surface area contributed by atoms with Crippen LogP contribution < -0.4 is 24.0 Å². The van der Waals surface area contributed by atoms with Crippen molar-refractivity contribution in [2.24, 2.45) is 0 Å². The van der Waals surface area contributed by atoms with Gasteiger partial charge in [0, 0.05) is 25.7 Å². The summed E-state index contributed by atoms with van der Waals surface area (Å²) in [5.41, 5.74) is 0. The SMILES string of the molecule is CC[N+]1(C)C2CCC1CC(O)C2.[I-]. The third kappa shape index (κ3) is 1.75. The first-order valence-corrected chi connectivity index (χ1v) is 5.19. The maximum atomic E-state index is 9.61. The topological polar surface area (TPSA) is 20.2 Å². The Morgan fingerprint density at radius 3 is 2.08 bits per heavy atom. The molecule has 13 heavy (non-hydrogen) atoms. The normalized spacial score (nSPS) is 48.7. The van der Waals surface area contributed by atoms with Crippen LogP contribution in [-0.4, -0.2) is 41.4 Å². The van der Waals surface area contributed by atoms with Crippen molar-refractivity contribution in [3.05, 3.63) is 0 Å². The summed E-state index contributed by atoms with van der Waals surface area (Å²) in [7, 11) is 2.37. The Kier molecular flexibility index (Phi) is 3.63. The Morgan fingerprint density at radius 2 is 1.69 bits per heavy atom. The molecule has 3 heteroatoms. The molecule has 0 aliphatic carbocycles. The van der Waals surface area contributed by atoms with E-state index in [-0.39, 0.29) is 30.1 Å². The number of nitrogens with zero attached hydrogens (tertiary/aromatic N) is 1. The summed E-state index contributed by atoms with van der Waals surface area (Å²) in [6.45, 7) is 3.52. The van der Waals surface area contributed by atoms with Crippen molar-refractivity contribution >= 4 is 0 Å². The number of aliphatic hydroxyl groups is 1. The lowest BCUT2D eigenvalue weighted by atomic mass is 9.97. The Labute approximate surface area is 97.9 Å². The van der Waals surface area contributed by atoms with Crippen LogP contribution >= 0.6 is 0 Å². The van der Waals surface area contributed by atoms with Crippen LogP contribution in [0.5, 0.6) is 0 Å². The fourth-order valence-electron chi connectivity index (χ4n) is 3.23.